The molecule has 1 amide bonds. The normalized spacial score (nSPS) is 9.95. The van der Waals surface area contributed by atoms with E-state index in [2.05, 4.69) is 5.32 Å². The van der Waals surface area contributed by atoms with Gasteiger partial charge in [0.15, 0.2) is 0 Å². The van der Waals surface area contributed by atoms with Crippen LogP contribution in [0.15, 0.2) is 48.5 Å². The van der Waals surface area contributed by atoms with Crippen LogP contribution in [0.4, 0.5) is 11.4 Å². The van der Waals surface area contributed by atoms with Crippen LogP contribution in [0.2, 0.25) is 0 Å². The molecule has 0 aliphatic heterocycles. The molecule has 0 atom stereocenters. The molecule has 3 N–H and O–H groups in total. The van der Waals surface area contributed by atoms with Crippen LogP contribution in [0.3, 0.4) is 0 Å². The molecular formula is C15H16N2O2. The van der Waals surface area contributed by atoms with Gasteiger partial charge >= 0.3 is 0 Å². The number of nitrogens with one attached hydrogen (secondary N) is 1. The number of nitrogen functional groups attached to an aromatic ring is 1. The molecule has 2 aromatic carbocycles. The lowest BCUT2D eigenvalue weighted by Crippen LogP contribution is -2.12. The largest absolute Gasteiger partial charge is 0.492 e. The first-order valence-corrected chi connectivity index (χ1v) is 6.09. The molecule has 4 nitrogen and oxygen atoms in total. The van der Waals surface area contributed by atoms with E-state index in [1.54, 1.807) is 18.2 Å². The van der Waals surface area contributed by atoms with Crippen molar-refractivity contribution >= 4 is 17.3 Å². The molecule has 0 saturated carbocycles. The highest BCUT2D eigenvalue weighted by molar-refractivity contribution is 6.04. The average molecular weight is 256 g/mol. The Balaban J connectivity index is 2.14. The van der Waals surface area contributed by atoms with Crippen LogP contribution in [0.25, 0.3) is 0 Å². The summed E-state index contributed by atoms with van der Waals surface area (Å²) in [4.78, 5) is 12.0. The van der Waals surface area contributed by atoms with Gasteiger partial charge < -0.3 is 15.8 Å². The quantitative estimate of drug-likeness (QED) is 0.827. The number of hydrogen-bond donors (Lipinski definition) is 2. The number of para-hydroxylation sites is 1. The van der Waals surface area contributed by atoms with Crippen LogP contribution in [0, 0.1) is 0 Å². The summed E-state index contributed by atoms with van der Waals surface area (Å²) in [5.41, 5.74) is 7.55. The second-order valence-corrected chi connectivity index (χ2v) is 4.01. The Morgan fingerprint density at radius 3 is 2.58 bits per heavy atom. The van der Waals surface area contributed by atoms with Crippen molar-refractivity contribution in [1.29, 1.82) is 0 Å². The fraction of sp³-hybridized carbons (Fsp3) is 0.133. The molecule has 0 heterocycles. The zero-order valence-corrected chi connectivity index (χ0v) is 10.7. The van der Waals surface area contributed by atoms with Crippen LogP contribution >= 0.6 is 0 Å². The Bertz CT molecular complexity index is 568. The molecule has 2 rings (SSSR count). The van der Waals surface area contributed by atoms with E-state index in [9.17, 15) is 4.79 Å². The molecule has 0 bridgehead atoms. The molecule has 0 unspecified atom stereocenters. The van der Waals surface area contributed by atoms with Crippen LogP contribution in [-0.2, 0) is 0 Å². The van der Waals surface area contributed by atoms with Crippen molar-refractivity contribution in [3.8, 4) is 5.75 Å². The first-order valence-electron chi connectivity index (χ1n) is 6.09. The Kier molecular flexibility index (Phi) is 4.03. The zero-order chi connectivity index (χ0) is 13.7. The molecule has 98 valence electrons. The minimum Gasteiger partial charge on any atom is -0.492 e. The van der Waals surface area contributed by atoms with Crippen LogP contribution in [0.5, 0.6) is 5.75 Å². The molecule has 4 heteroatoms. The van der Waals surface area contributed by atoms with Gasteiger partial charge in [-0.1, -0.05) is 18.2 Å². The van der Waals surface area contributed by atoms with Gasteiger partial charge in [-0.05, 0) is 37.3 Å². The standard InChI is InChI=1S/C15H16N2O2/c1-2-19-14-9-8-11(10-13(14)16)15(18)17-12-6-4-3-5-7-12/h3-10H,2,16H2,1H3,(H,17,18). The van der Waals surface area contributed by atoms with E-state index in [0.717, 1.165) is 5.69 Å². The molecule has 0 spiro atoms. The number of nitrogens with two attached hydrogens (primary N) is 1. The highest BCUT2D eigenvalue weighted by Crippen LogP contribution is 2.23. The molecule has 0 aromatic heterocycles. The summed E-state index contributed by atoms with van der Waals surface area (Å²) in [6.07, 6.45) is 0. The van der Waals surface area contributed by atoms with Gasteiger partial charge in [-0.15, -0.1) is 0 Å². The number of rotatable bonds is 4. The molecule has 0 fully saturated rings. The Morgan fingerprint density at radius 1 is 1.21 bits per heavy atom. The van der Waals surface area contributed by atoms with Crippen molar-refractivity contribution < 1.29 is 9.53 Å². The lowest BCUT2D eigenvalue weighted by atomic mass is 10.1. The van der Waals surface area contributed by atoms with Gasteiger partial charge in [-0.2, -0.15) is 0 Å². The highest BCUT2D eigenvalue weighted by atomic mass is 16.5. The number of carbonyl (C=O) groups excluding carboxylic acids is 1. The van der Waals surface area contributed by atoms with E-state index in [4.69, 9.17) is 10.5 Å². The van der Waals surface area contributed by atoms with E-state index in [0.29, 0.717) is 23.6 Å². The second kappa shape index (κ2) is 5.91. The Morgan fingerprint density at radius 2 is 1.95 bits per heavy atom. The minimum atomic E-state index is -0.194. The third kappa shape index (κ3) is 3.25. The van der Waals surface area contributed by atoms with Crippen molar-refractivity contribution in [2.75, 3.05) is 17.7 Å². The zero-order valence-electron chi connectivity index (χ0n) is 10.7. The SMILES string of the molecule is CCOc1ccc(C(=O)Nc2ccccc2)cc1N. The van der Waals surface area contributed by atoms with Crippen LogP contribution < -0.4 is 15.8 Å². The van der Waals surface area contributed by atoms with Crippen molar-refractivity contribution in [1.82, 2.24) is 0 Å². The van der Waals surface area contributed by atoms with E-state index in [-0.39, 0.29) is 5.91 Å². The lowest BCUT2D eigenvalue weighted by Gasteiger charge is -2.09. The fourth-order valence-electron chi connectivity index (χ4n) is 1.70. The Labute approximate surface area is 112 Å². The maximum absolute atomic E-state index is 12.0. The Hall–Kier alpha value is -2.49. The van der Waals surface area contributed by atoms with Crippen molar-refractivity contribution in [3.63, 3.8) is 0 Å². The van der Waals surface area contributed by atoms with Gasteiger partial charge in [0.25, 0.3) is 5.91 Å². The topological polar surface area (TPSA) is 64.3 Å². The summed E-state index contributed by atoms with van der Waals surface area (Å²) >= 11 is 0. The van der Waals surface area contributed by atoms with Crippen molar-refractivity contribution in [3.05, 3.63) is 54.1 Å². The predicted molar refractivity (Wildman–Crippen MR) is 76.4 cm³/mol. The van der Waals surface area contributed by atoms with Gasteiger partial charge in [0.1, 0.15) is 5.75 Å². The lowest BCUT2D eigenvalue weighted by molar-refractivity contribution is 0.102. The monoisotopic (exact) mass is 256 g/mol. The number of ether oxygens (including phenoxy) is 1. The minimum absolute atomic E-state index is 0.194. The fourth-order valence-corrected chi connectivity index (χ4v) is 1.70. The van der Waals surface area contributed by atoms with Gasteiger partial charge in [0.2, 0.25) is 0 Å². The first-order chi connectivity index (χ1) is 9.20. The molecule has 0 aliphatic rings. The average Bonchev–Trinajstić information content (AvgIpc) is 2.42. The maximum atomic E-state index is 12.0. The molecular weight excluding hydrogens is 240 g/mol. The third-order valence-electron chi connectivity index (χ3n) is 2.60. The molecule has 0 aliphatic carbocycles. The van der Waals surface area contributed by atoms with Gasteiger partial charge in [0, 0.05) is 11.3 Å². The van der Waals surface area contributed by atoms with Crippen LogP contribution in [0.1, 0.15) is 17.3 Å². The smallest absolute Gasteiger partial charge is 0.255 e. The van der Waals surface area contributed by atoms with Crippen molar-refractivity contribution in [2.45, 2.75) is 6.92 Å². The van der Waals surface area contributed by atoms with E-state index < -0.39 is 0 Å². The summed E-state index contributed by atoms with van der Waals surface area (Å²) in [7, 11) is 0. The second-order valence-electron chi connectivity index (χ2n) is 4.01. The highest BCUT2D eigenvalue weighted by Gasteiger charge is 2.08. The predicted octanol–water partition coefficient (Wildman–Crippen LogP) is 2.92. The number of benzene rings is 2. The van der Waals surface area contributed by atoms with E-state index >= 15 is 0 Å². The van der Waals surface area contributed by atoms with Crippen molar-refractivity contribution in [2.24, 2.45) is 0 Å². The van der Waals surface area contributed by atoms with Gasteiger partial charge in [0.05, 0.1) is 12.3 Å². The first kappa shape index (κ1) is 13.0. The van der Waals surface area contributed by atoms with E-state index in [1.807, 2.05) is 37.3 Å². The van der Waals surface area contributed by atoms with Gasteiger partial charge in [-0.3, -0.25) is 4.79 Å². The number of carbonyl (C=O) groups is 1. The summed E-state index contributed by atoms with van der Waals surface area (Å²) in [5.74, 6) is 0.403. The molecule has 19 heavy (non-hydrogen) atoms. The number of hydrogen-bond acceptors (Lipinski definition) is 3. The number of anilines is 2. The summed E-state index contributed by atoms with van der Waals surface area (Å²) in [6.45, 7) is 2.43. The third-order valence-corrected chi connectivity index (χ3v) is 2.60. The molecule has 0 saturated heterocycles. The molecule has 2 aromatic rings. The number of amides is 1. The molecule has 0 radical (unpaired) electrons. The van der Waals surface area contributed by atoms with E-state index in [1.165, 1.54) is 0 Å². The summed E-state index contributed by atoms with van der Waals surface area (Å²) in [6, 6.07) is 14.3. The summed E-state index contributed by atoms with van der Waals surface area (Å²) < 4.78 is 5.33. The maximum Gasteiger partial charge on any atom is 0.255 e. The van der Waals surface area contributed by atoms with Crippen LogP contribution in [-0.4, -0.2) is 12.5 Å². The van der Waals surface area contributed by atoms with Gasteiger partial charge in [-0.25, -0.2) is 0 Å². The summed E-state index contributed by atoms with van der Waals surface area (Å²) in [5, 5.41) is 2.80.